The van der Waals surface area contributed by atoms with Gasteiger partial charge < -0.3 is 160 Å². The number of carbonyl (C=O) groups excluding carboxylic acids is 15. The molecule has 0 aliphatic rings. The van der Waals surface area contributed by atoms with E-state index in [1.165, 1.54) is 118 Å². The first kappa shape index (κ1) is 161. The summed E-state index contributed by atoms with van der Waals surface area (Å²) in [5, 5.41) is 106. The molecule has 0 bridgehead atoms. The van der Waals surface area contributed by atoms with E-state index in [0.29, 0.717) is 120 Å². The maximum atomic E-state index is 11.0. The van der Waals surface area contributed by atoms with Crippen LogP contribution in [0.2, 0.25) is 0 Å². The van der Waals surface area contributed by atoms with Crippen molar-refractivity contribution in [1.29, 1.82) is 0 Å². The molecular weight excluding hydrogens is 2020 g/mol. The van der Waals surface area contributed by atoms with Gasteiger partial charge >= 0.3 is 71.6 Å². The average molecular weight is 2180 g/mol. The Labute approximate surface area is 864 Å². The Morgan fingerprint density at radius 1 is 0.231 bits per heavy atom. The van der Waals surface area contributed by atoms with Gasteiger partial charge in [-0.25, -0.2) is 0 Å². The van der Waals surface area contributed by atoms with E-state index >= 15 is 0 Å². The van der Waals surface area contributed by atoms with Gasteiger partial charge in [-0.05, 0) is 198 Å². The second kappa shape index (κ2) is 106. The van der Waals surface area contributed by atoms with Crippen LogP contribution in [0.4, 0.5) is 0 Å². The van der Waals surface area contributed by atoms with Gasteiger partial charge in [-0.15, -0.1) is 0 Å². The summed E-state index contributed by atoms with van der Waals surface area (Å²) in [6.07, 6.45) is 5.87. The third-order valence-electron chi connectivity index (χ3n) is 15.8. The molecule has 0 aliphatic heterocycles. The molecule has 0 fully saturated rings. The van der Waals surface area contributed by atoms with Crippen molar-refractivity contribution >= 4 is 194 Å². The molecule has 56 nitrogen and oxygen atoms in total. The summed E-state index contributed by atoms with van der Waals surface area (Å²) in [4.78, 5) is 280. The summed E-state index contributed by atoms with van der Waals surface area (Å²) in [6.45, 7) is 19.2. The first-order valence-corrected chi connectivity index (χ1v) is 48.3. The predicted octanol–water partition coefficient (Wildman–Crippen LogP) is -3.82. The molecule has 0 aromatic rings. The van der Waals surface area contributed by atoms with Crippen LogP contribution < -0.4 is 79.4 Å². The van der Waals surface area contributed by atoms with Crippen molar-refractivity contribution in [1.82, 2.24) is 10.6 Å². The standard InChI is InChI=1S/C9H15NO4.C8H16N2O3.C8H13NO4.C8H15NO4.C8H15NO3S.C7H14N2O3.C7H11NO4.C7H13NO4.C7H13NO3S.C7H13NO3.C6H11NO4.C6H11NO3S/c1-6(11)5-7(12)3-2-4-8(10)9(13)14;1-6(11)5-10-4-2-3-7(9)8(12)13;1-5(10)4-6(11)2-3-7(9)8(12)13;2*1-6(10)5-13-4-2-3-7(9)8(11)12;1-5(10)4-9-3-2-6(8)7(11)12;1-4(9)2-5(10)3-6(8)7(11)12;2*1-5(9)4-12-3-2-6(8)7(10)11;1-5(9)3-2-4-6(8)7(10)11;2*1-4(8)2-11-3-5(7)6(9)10/h8H,2-5,10H2,1H3,(H,13,14);7,10H,2-5,9H2,1H3,(H,12,13);7H,2-4,9H2,1H3,(H,12,13);2*7H,2-5,9H2,1H3,(H,11,12);6,9H,2-4,8H2,1H3,(H,11,12);6H,2-3,8H2,1H3,(H,11,12);2*6H,2-4,8H2,1H3,(H,10,11);6H,2-4,8H2,1H3,(H,10,11);2*5H,2-3,7H2,1H3,(H,9,10). The minimum absolute atomic E-state index is 0.0202. The summed E-state index contributed by atoms with van der Waals surface area (Å²) in [5.41, 5.74) is 62.3. The molecule has 0 aliphatic carbocycles. The topological polar surface area (TPSA) is 1070 Å². The number of hydrogen-bond donors (Lipinski definition) is 26. The Hall–Kier alpha value is -10.9. The molecule has 0 heterocycles. The Morgan fingerprint density at radius 3 is 0.864 bits per heavy atom. The molecule has 0 amide bonds. The summed E-state index contributed by atoms with van der Waals surface area (Å²) >= 11 is 4.17. The van der Waals surface area contributed by atoms with E-state index in [2.05, 4.69) is 15.4 Å². The van der Waals surface area contributed by atoms with E-state index in [-0.39, 0.29) is 184 Å². The van der Waals surface area contributed by atoms with Crippen molar-refractivity contribution in [2.45, 2.75) is 290 Å². The number of carbonyl (C=O) groups is 27. The fourth-order valence-electron chi connectivity index (χ4n) is 8.06. The van der Waals surface area contributed by atoms with Gasteiger partial charge in [-0.1, -0.05) is 0 Å². The van der Waals surface area contributed by atoms with E-state index in [1.54, 1.807) is 0 Å². The second-order valence-corrected chi connectivity index (χ2v) is 35.1. The highest BCUT2D eigenvalue weighted by Crippen LogP contribution is 2.09. The monoisotopic (exact) mass is 2180 g/mol. The number of rotatable bonds is 72. The normalized spacial score (nSPS) is 12.4. The van der Waals surface area contributed by atoms with Gasteiger partial charge in [0, 0.05) is 44.6 Å². The number of hydrogen-bond acceptors (Lipinski definition) is 47. The molecule has 0 aromatic carbocycles. The third kappa shape index (κ3) is 148. The molecule has 12 atom stereocenters. The van der Waals surface area contributed by atoms with Crippen LogP contribution in [0.25, 0.3) is 0 Å². The van der Waals surface area contributed by atoms with E-state index in [9.17, 15) is 129 Å². The maximum absolute atomic E-state index is 11.0. The van der Waals surface area contributed by atoms with Crippen LogP contribution in [0.1, 0.15) is 218 Å². The quantitative estimate of drug-likeness (QED) is 0.0205. The van der Waals surface area contributed by atoms with Crippen LogP contribution in [0.15, 0.2) is 0 Å². The summed E-state index contributed by atoms with van der Waals surface area (Å²) in [5.74, 6) is -11.0. The Morgan fingerprint density at radius 2 is 0.517 bits per heavy atom. The Bertz CT molecular complexity index is 3680. The van der Waals surface area contributed by atoms with Gasteiger partial charge in [0.05, 0.1) is 56.2 Å². The Kier molecular flexibility index (Phi) is 117. The maximum Gasteiger partial charge on any atom is 0.322 e. The molecular formula is C88H160N14O42S3. The molecule has 59 heteroatoms. The molecule has 0 saturated carbocycles. The lowest BCUT2D eigenvalue weighted by atomic mass is 10.1. The first-order valence-electron chi connectivity index (χ1n) is 44.8. The predicted molar refractivity (Wildman–Crippen MR) is 538 cm³/mol. The molecule has 852 valence electrons. The summed E-state index contributed by atoms with van der Waals surface area (Å²) in [6, 6.07) is -10.8. The molecule has 0 saturated heterocycles. The fraction of sp³-hybridized carbons (Fsp3) is 0.693. The van der Waals surface area contributed by atoms with Gasteiger partial charge in [-0.3, -0.25) is 125 Å². The zero-order valence-electron chi connectivity index (χ0n) is 85.4. The molecule has 0 aromatic heterocycles. The highest BCUT2D eigenvalue weighted by atomic mass is 32.2. The zero-order chi connectivity index (χ0) is 117. The van der Waals surface area contributed by atoms with Crippen molar-refractivity contribution in [3.8, 4) is 0 Å². The molecule has 147 heavy (non-hydrogen) atoms. The van der Waals surface area contributed by atoms with Gasteiger partial charge in [0.1, 0.15) is 162 Å². The number of ketones is 15. The highest BCUT2D eigenvalue weighted by Gasteiger charge is 2.21. The lowest BCUT2D eigenvalue weighted by molar-refractivity contribution is -0.141. The SMILES string of the molecule is CC(=O)CC(=O)CC(N)C(=O)O.CC(=O)CC(=O)CCC(N)C(=O)O.CC(=O)CC(=O)CCCC(N)C(=O)O.CC(=O)CCCC(N)C(=O)O.CC(=O)CNCCC(N)C(=O)O.CC(=O)CNCCCC(N)C(=O)O.CC(=O)COCC(N)C(=O)O.CC(=O)COCCC(N)C(=O)O.CC(=O)COCCCC(N)C(=O)O.CC(=O)CSCC(N)C(=O)O.CC(=O)CSCCC(N)C(=O)O.CC(=O)CSCCCC(N)C(=O)O. The zero-order valence-corrected chi connectivity index (χ0v) is 87.8. The van der Waals surface area contributed by atoms with Crippen molar-refractivity contribution < 1.29 is 205 Å². The van der Waals surface area contributed by atoms with Crippen molar-refractivity contribution in [3.05, 3.63) is 0 Å². The number of carboxylic acid groups (broad SMARTS) is 12. The second-order valence-electron chi connectivity index (χ2n) is 31.8. The molecule has 0 radical (unpaired) electrons. The van der Waals surface area contributed by atoms with E-state index in [4.69, 9.17) is 140 Å². The number of thioether (sulfide) groups is 3. The number of nitrogens with two attached hydrogens (primary N) is 12. The van der Waals surface area contributed by atoms with Crippen LogP contribution in [0, 0.1) is 0 Å². The molecule has 0 spiro atoms. The van der Waals surface area contributed by atoms with Crippen LogP contribution in [-0.2, 0) is 144 Å². The molecule has 0 rings (SSSR count). The summed E-state index contributed by atoms with van der Waals surface area (Å²) in [7, 11) is 0. The molecule has 38 N–H and O–H groups in total. The van der Waals surface area contributed by atoms with Gasteiger partial charge in [0.2, 0.25) is 0 Å². The number of nitrogens with one attached hydrogen (secondary N) is 2. The first-order chi connectivity index (χ1) is 67.6. The van der Waals surface area contributed by atoms with Crippen LogP contribution in [0.5, 0.6) is 0 Å². The number of aliphatic carboxylic acids is 12. The van der Waals surface area contributed by atoms with E-state index in [0.717, 1.165) is 12.2 Å². The fourth-order valence-corrected chi connectivity index (χ4v) is 10.5. The number of carboxylic acids is 12. The largest absolute Gasteiger partial charge is 0.480 e. The Balaban J connectivity index is -0.000000135. The lowest BCUT2D eigenvalue weighted by Crippen LogP contribution is -2.35. The van der Waals surface area contributed by atoms with Crippen molar-refractivity contribution in [2.75, 3.05) is 100 Å². The molecule has 12 unspecified atom stereocenters. The van der Waals surface area contributed by atoms with Crippen molar-refractivity contribution in [3.63, 3.8) is 0 Å². The average Bonchev–Trinajstić information content (AvgIpc) is 0.959. The number of ether oxygens (including phenoxy) is 3. The highest BCUT2D eigenvalue weighted by molar-refractivity contribution is 8.00. The van der Waals surface area contributed by atoms with Crippen molar-refractivity contribution in [2.24, 2.45) is 68.8 Å². The minimum atomic E-state index is -1.23. The summed E-state index contributed by atoms with van der Waals surface area (Å²) < 4.78 is 14.4. The lowest BCUT2D eigenvalue weighted by Gasteiger charge is -2.05. The smallest absolute Gasteiger partial charge is 0.322 e. The van der Waals surface area contributed by atoms with Crippen LogP contribution in [0.3, 0.4) is 0 Å². The van der Waals surface area contributed by atoms with Gasteiger partial charge in [0.25, 0.3) is 0 Å². The number of Topliss-reactive ketones (excluding diaryl/α,β-unsaturated/α-hetero) is 15. The van der Waals surface area contributed by atoms with E-state index < -0.39 is 150 Å². The van der Waals surface area contributed by atoms with Crippen LogP contribution in [-0.4, -0.2) is 392 Å². The van der Waals surface area contributed by atoms with Gasteiger partial charge in [-0.2, -0.15) is 35.3 Å². The van der Waals surface area contributed by atoms with Crippen LogP contribution >= 0.6 is 35.3 Å². The third-order valence-corrected chi connectivity index (χ3v) is 19.3. The van der Waals surface area contributed by atoms with E-state index in [1.807, 2.05) is 0 Å². The van der Waals surface area contributed by atoms with Gasteiger partial charge in [0.15, 0.2) is 17.3 Å². The minimum Gasteiger partial charge on any atom is -0.480 e.